The van der Waals surface area contributed by atoms with Crippen molar-refractivity contribution in [2.45, 2.75) is 19.0 Å². The Bertz CT molecular complexity index is 1220. The van der Waals surface area contributed by atoms with Crippen molar-refractivity contribution >= 4 is 23.0 Å². The molecule has 1 fully saturated rings. The van der Waals surface area contributed by atoms with Gasteiger partial charge in [-0.25, -0.2) is 4.39 Å². The lowest BCUT2D eigenvalue weighted by atomic mass is 9.83. The van der Waals surface area contributed by atoms with Crippen molar-refractivity contribution in [2.24, 2.45) is 5.92 Å². The lowest BCUT2D eigenvalue weighted by Crippen LogP contribution is -2.61. The first-order valence-corrected chi connectivity index (χ1v) is 11.2. The van der Waals surface area contributed by atoms with Crippen LogP contribution in [0.2, 0.25) is 0 Å². The van der Waals surface area contributed by atoms with Crippen LogP contribution in [0.15, 0.2) is 66.9 Å². The minimum absolute atomic E-state index is 0.00911. The number of fused-ring (bicyclic) bond motifs is 3. The fraction of sp³-hybridized carbons (Fsp3) is 0.280. The number of amides is 1. The minimum Gasteiger partial charge on any atom is -0.365 e. The van der Waals surface area contributed by atoms with Crippen molar-refractivity contribution < 1.29 is 14.1 Å². The molecule has 2 aliphatic rings. The third-order valence-corrected chi connectivity index (χ3v) is 6.61. The van der Waals surface area contributed by atoms with Gasteiger partial charge in [0.1, 0.15) is 5.82 Å². The maximum Gasteiger partial charge on any atom is 0.269 e. The van der Waals surface area contributed by atoms with Crippen LogP contribution in [0.5, 0.6) is 0 Å². The summed E-state index contributed by atoms with van der Waals surface area (Å²) in [5.41, 5.74) is 2.95. The molecule has 0 aliphatic carbocycles. The lowest BCUT2D eigenvalue weighted by molar-refractivity contribution is -0.384. The quantitative estimate of drug-likeness (QED) is 0.463. The minimum atomic E-state index is -0.451. The number of hydrogen-bond donors (Lipinski definition) is 1. The number of carbonyl (C=O) groups excluding carboxylic acids is 1. The maximum atomic E-state index is 14.5. The van der Waals surface area contributed by atoms with Gasteiger partial charge in [0.05, 0.1) is 34.8 Å². The van der Waals surface area contributed by atoms with Crippen LogP contribution in [-0.2, 0) is 17.8 Å². The molecular formula is C25H24FN5O3. The van der Waals surface area contributed by atoms with E-state index in [-0.39, 0.29) is 23.5 Å². The smallest absolute Gasteiger partial charge is 0.269 e. The van der Waals surface area contributed by atoms with Crippen molar-refractivity contribution in [3.63, 3.8) is 0 Å². The van der Waals surface area contributed by atoms with Gasteiger partial charge in [0.15, 0.2) is 0 Å². The summed E-state index contributed by atoms with van der Waals surface area (Å²) in [5, 5.41) is 14.3. The van der Waals surface area contributed by atoms with Gasteiger partial charge in [-0.2, -0.15) is 0 Å². The van der Waals surface area contributed by atoms with Gasteiger partial charge in [0.2, 0.25) is 5.91 Å². The predicted molar refractivity (Wildman–Crippen MR) is 126 cm³/mol. The molecule has 0 spiro atoms. The Morgan fingerprint density at radius 3 is 2.71 bits per heavy atom. The normalized spacial score (nSPS) is 19.2. The van der Waals surface area contributed by atoms with E-state index >= 15 is 0 Å². The van der Waals surface area contributed by atoms with Crippen LogP contribution in [0, 0.1) is 21.8 Å². The van der Waals surface area contributed by atoms with E-state index in [0.717, 1.165) is 16.9 Å². The molecule has 1 N–H and O–H groups in total. The third-order valence-electron chi connectivity index (χ3n) is 6.61. The highest BCUT2D eigenvalue weighted by atomic mass is 19.1. The summed E-state index contributed by atoms with van der Waals surface area (Å²) in [4.78, 5) is 32.7. The highest BCUT2D eigenvalue weighted by Gasteiger charge is 2.42. The second-order valence-corrected chi connectivity index (χ2v) is 8.58. The van der Waals surface area contributed by atoms with E-state index in [1.54, 1.807) is 36.5 Å². The fourth-order valence-corrected chi connectivity index (χ4v) is 4.96. The Morgan fingerprint density at radius 1 is 1.12 bits per heavy atom. The van der Waals surface area contributed by atoms with Gasteiger partial charge in [-0.05, 0) is 42.3 Å². The van der Waals surface area contributed by atoms with Crippen molar-refractivity contribution in [3.8, 4) is 0 Å². The van der Waals surface area contributed by atoms with Crippen LogP contribution < -0.4 is 15.1 Å². The monoisotopic (exact) mass is 461 g/mol. The highest BCUT2D eigenvalue weighted by molar-refractivity contribution is 5.82. The van der Waals surface area contributed by atoms with E-state index in [9.17, 15) is 19.3 Å². The van der Waals surface area contributed by atoms with Crippen LogP contribution >= 0.6 is 0 Å². The molecule has 34 heavy (non-hydrogen) atoms. The number of rotatable bonds is 5. The van der Waals surface area contributed by atoms with Gasteiger partial charge in [0, 0.05) is 43.7 Å². The Hall–Kier alpha value is -4.01. The first kappa shape index (κ1) is 21.8. The molecule has 1 amide bonds. The van der Waals surface area contributed by atoms with Crippen LogP contribution in [0.3, 0.4) is 0 Å². The van der Waals surface area contributed by atoms with E-state index in [4.69, 9.17) is 0 Å². The molecule has 8 nitrogen and oxygen atoms in total. The number of anilines is 2. The summed E-state index contributed by atoms with van der Waals surface area (Å²) in [5.74, 6) is -0.889. The first-order valence-electron chi connectivity index (χ1n) is 11.2. The molecule has 2 atom stereocenters. The van der Waals surface area contributed by atoms with Gasteiger partial charge >= 0.3 is 0 Å². The number of nitrogens with one attached hydrogen (secondary N) is 1. The largest absolute Gasteiger partial charge is 0.365 e. The lowest BCUT2D eigenvalue weighted by Gasteiger charge is -2.49. The van der Waals surface area contributed by atoms with Crippen molar-refractivity contribution in [2.75, 3.05) is 29.4 Å². The summed E-state index contributed by atoms with van der Waals surface area (Å²) >= 11 is 0. The van der Waals surface area contributed by atoms with Gasteiger partial charge in [-0.3, -0.25) is 19.9 Å². The van der Waals surface area contributed by atoms with Gasteiger partial charge in [-0.15, -0.1) is 0 Å². The third kappa shape index (κ3) is 4.16. The number of para-hydroxylation sites is 1. The summed E-state index contributed by atoms with van der Waals surface area (Å²) in [7, 11) is 0. The van der Waals surface area contributed by atoms with Crippen LogP contribution in [0.4, 0.5) is 21.5 Å². The van der Waals surface area contributed by atoms with Gasteiger partial charge in [-0.1, -0.05) is 18.2 Å². The molecule has 0 bridgehead atoms. The van der Waals surface area contributed by atoms with Crippen LogP contribution in [0.1, 0.15) is 11.3 Å². The fourth-order valence-electron chi connectivity index (χ4n) is 4.96. The molecule has 2 unspecified atom stereocenters. The molecular weight excluding hydrogens is 437 g/mol. The zero-order chi connectivity index (χ0) is 23.7. The van der Waals surface area contributed by atoms with E-state index in [1.807, 2.05) is 23.1 Å². The molecule has 5 rings (SSSR count). The maximum absolute atomic E-state index is 14.5. The summed E-state index contributed by atoms with van der Waals surface area (Å²) in [6.07, 6.45) is 2.05. The number of nitro groups is 1. The molecule has 3 aromatic rings. The van der Waals surface area contributed by atoms with E-state index < -0.39 is 10.8 Å². The predicted octanol–water partition coefficient (Wildman–Crippen LogP) is 3.31. The summed E-state index contributed by atoms with van der Waals surface area (Å²) in [6.45, 7) is 1.92. The number of nitro benzene ring substituents is 1. The molecule has 174 valence electrons. The second-order valence-electron chi connectivity index (χ2n) is 8.58. The summed E-state index contributed by atoms with van der Waals surface area (Å²) < 4.78 is 14.5. The number of nitrogens with zero attached hydrogens (tertiary/aromatic N) is 4. The Balaban J connectivity index is 1.45. The number of aromatic nitrogens is 1. The number of benzene rings is 2. The van der Waals surface area contributed by atoms with Crippen molar-refractivity contribution in [1.82, 2.24) is 10.3 Å². The van der Waals surface area contributed by atoms with E-state index in [2.05, 4.69) is 15.2 Å². The SMILES string of the molecule is O=C(NCc1ccccn1)C1Cc2cc([N+](=O)[O-])ccc2N2CCN(c3ccccc3F)CC12. The molecule has 1 aromatic heterocycles. The molecule has 1 saturated heterocycles. The molecule has 9 heteroatoms. The Kier molecular flexibility index (Phi) is 5.83. The second kappa shape index (κ2) is 9.09. The highest BCUT2D eigenvalue weighted by Crippen LogP contribution is 2.39. The average molecular weight is 461 g/mol. The van der Waals surface area contributed by atoms with Crippen molar-refractivity contribution in [3.05, 3.63) is 94.0 Å². The Morgan fingerprint density at radius 2 is 1.94 bits per heavy atom. The standard InChI is InChI=1S/C25H24FN5O3/c26-21-6-1-2-7-23(21)29-11-12-30-22-9-8-19(31(33)34)13-17(22)14-20(24(30)16-29)25(32)28-15-18-5-3-4-10-27-18/h1-10,13,20,24H,11-12,14-16H2,(H,28,32). The molecule has 0 saturated carbocycles. The molecule has 2 aromatic carbocycles. The number of carbonyl (C=O) groups is 1. The zero-order valence-corrected chi connectivity index (χ0v) is 18.4. The number of halogens is 1. The molecule has 2 aliphatic heterocycles. The average Bonchev–Trinajstić information content (AvgIpc) is 2.87. The topological polar surface area (TPSA) is 91.6 Å². The summed E-state index contributed by atoms with van der Waals surface area (Å²) in [6, 6.07) is 16.8. The molecule has 3 heterocycles. The zero-order valence-electron chi connectivity index (χ0n) is 18.4. The van der Waals surface area contributed by atoms with E-state index in [0.29, 0.717) is 38.3 Å². The number of non-ortho nitro benzene ring substituents is 1. The van der Waals surface area contributed by atoms with Crippen LogP contribution in [0.25, 0.3) is 0 Å². The number of hydrogen-bond acceptors (Lipinski definition) is 6. The van der Waals surface area contributed by atoms with Gasteiger partial charge < -0.3 is 15.1 Å². The molecule has 0 radical (unpaired) electrons. The number of pyridine rings is 1. The Labute approximate surface area is 196 Å². The van der Waals surface area contributed by atoms with Crippen LogP contribution in [-0.4, -0.2) is 41.5 Å². The van der Waals surface area contributed by atoms with Gasteiger partial charge in [0.25, 0.3) is 5.69 Å². The number of piperazine rings is 1. The first-order chi connectivity index (χ1) is 16.5. The van der Waals surface area contributed by atoms with Crippen molar-refractivity contribution in [1.29, 1.82) is 0 Å². The van der Waals surface area contributed by atoms with E-state index in [1.165, 1.54) is 12.1 Å².